The van der Waals surface area contributed by atoms with Gasteiger partial charge in [-0.15, -0.1) is 11.3 Å². The Morgan fingerprint density at radius 3 is 2.79 bits per heavy atom. The highest BCUT2D eigenvalue weighted by Gasteiger charge is 2.15. The average Bonchev–Trinajstić information content (AvgIpc) is 2.99. The van der Waals surface area contributed by atoms with E-state index in [1.165, 1.54) is 11.3 Å². The Morgan fingerprint density at radius 1 is 1.25 bits per heavy atom. The SMILES string of the molecule is COc1ccc2ccccc2c1/C=C(\C#N)c1nc2sc(C)c(C)c2c(=O)[nH]1. The van der Waals surface area contributed by atoms with Gasteiger partial charge in [0.25, 0.3) is 5.56 Å². The normalized spacial score (nSPS) is 11.7. The lowest BCUT2D eigenvalue weighted by molar-refractivity contribution is 0.414. The predicted molar refractivity (Wildman–Crippen MR) is 114 cm³/mol. The number of rotatable bonds is 3. The van der Waals surface area contributed by atoms with Crippen LogP contribution in [0.3, 0.4) is 0 Å². The quantitative estimate of drug-likeness (QED) is 0.511. The second-order valence-electron chi connectivity index (χ2n) is 6.45. The number of hydrogen-bond donors (Lipinski definition) is 1. The third-order valence-corrected chi connectivity index (χ3v) is 5.96. The first-order chi connectivity index (χ1) is 13.5. The van der Waals surface area contributed by atoms with Crippen LogP contribution in [0.1, 0.15) is 21.8 Å². The van der Waals surface area contributed by atoms with Crippen molar-refractivity contribution in [3.8, 4) is 11.8 Å². The van der Waals surface area contributed by atoms with Gasteiger partial charge in [0, 0.05) is 10.4 Å². The van der Waals surface area contributed by atoms with Crippen molar-refractivity contribution in [2.24, 2.45) is 0 Å². The number of nitriles is 1. The lowest BCUT2D eigenvalue weighted by Gasteiger charge is -2.09. The zero-order chi connectivity index (χ0) is 19.8. The van der Waals surface area contributed by atoms with Gasteiger partial charge in [0.2, 0.25) is 0 Å². The van der Waals surface area contributed by atoms with Gasteiger partial charge < -0.3 is 9.72 Å². The van der Waals surface area contributed by atoms with E-state index >= 15 is 0 Å². The zero-order valence-corrected chi connectivity index (χ0v) is 16.5. The number of benzene rings is 2. The van der Waals surface area contributed by atoms with Crippen LogP contribution in [0.2, 0.25) is 0 Å². The number of aryl methyl sites for hydroxylation is 2. The molecule has 0 atom stereocenters. The molecular weight excluding hydrogens is 370 g/mol. The van der Waals surface area contributed by atoms with E-state index in [9.17, 15) is 10.1 Å². The summed E-state index contributed by atoms with van der Waals surface area (Å²) in [4.78, 5) is 21.6. The van der Waals surface area contributed by atoms with E-state index < -0.39 is 0 Å². The van der Waals surface area contributed by atoms with Gasteiger partial charge in [-0.3, -0.25) is 4.79 Å². The van der Waals surface area contributed by atoms with E-state index in [1.54, 1.807) is 13.2 Å². The number of allylic oxidation sites excluding steroid dienone is 1. The van der Waals surface area contributed by atoms with E-state index in [2.05, 4.69) is 16.0 Å². The van der Waals surface area contributed by atoms with E-state index in [0.29, 0.717) is 16.0 Å². The number of ether oxygens (including phenoxy) is 1. The molecule has 2 heterocycles. The van der Waals surface area contributed by atoms with Crippen LogP contribution in [0.5, 0.6) is 5.75 Å². The highest BCUT2D eigenvalue weighted by Crippen LogP contribution is 2.32. The molecular formula is C22H17N3O2S. The van der Waals surface area contributed by atoms with Gasteiger partial charge in [-0.1, -0.05) is 30.3 Å². The monoisotopic (exact) mass is 387 g/mol. The summed E-state index contributed by atoms with van der Waals surface area (Å²) in [5, 5.41) is 12.4. The summed E-state index contributed by atoms with van der Waals surface area (Å²) >= 11 is 1.46. The number of fused-ring (bicyclic) bond motifs is 2. The summed E-state index contributed by atoms with van der Waals surface area (Å²) in [6.07, 6.45) is 1.72. The summed E-state index contributed by atoms with van der Waals surface area (Å²) in [5.41, 5.74) is 1.75. The molecule has 6 heteroatoms. The number of aromatic amines is 1. The van der Waals surface area contributed by atoms with E-state index in [0.717, 1.165) is 26.8 Å². The highest BCUT2D eigenvalue weighted by atomic mass is 32.1. The number of nitrogens with zero attached hydrogens (tertiary/aromatic N) is 2. The smallest absolute Gasteiger partial charge is 0.260 e. The number of H-pyrrole nitrogens is 1. The molecule has 0 aliphatic rings. The number of methoxy groups -OCH3 is 1. The fraction of sp³-hybridized carbons (Fsp3) is 0.136. The molecule has 0 amide bonds. The summed E-state index contributed by atoms with van der Waals surface area (Å²) in [6.45, 7) is 3.87. The Hall–Kier alpha value is -3.43. The first kappa shape index (κ1) is 18.0. The van der Waals surface area contributed by atoms with Crippen molar-refractivity contribution in [2.45, 2.75) is 13.8 Å². The minimum atomic E-state index is -0.229. The lowest BCUT2D eigenvalue weighted by Crippen LogP contribution is -2.10. The number of hydrogen-bond acceptors (Lipinski definition) is 5. The van der Waals surface area contributed by atoms with Gasteiger partial charge in [0.05, 0.1) is 18.1 Å². The molecule has 138 valence electrons. The Bertz CT molecular complexity index is 1360. The molecule has 0 saturated heterocycles. The van der Waals surface area contributed by atoms with Crippen LogP contribution in [0.25, 0.3) is 32.6 Å². The van der Waals surface area contributed by atoms with Crippen LogP contribution >= 0.6 is 11.3 Å². The molecule has 0 radical (unpaired) electrons. The Morgan fingerprint density at radius 2 is 2.04 bits per heavy atom. The molecule has 0 fully saturated rings. The minimum absolute atomic E-state index is 0.229. The Balaban J connectivity index is 1.97. The summed E-state index contributed by atoms with van der Waals surface area (Å²) in [7, 11) is 1.59. The molecule has 4 rings (SSSR count). The summed E-state index contributed by atoms with van der Waals surface area (Å²) in [6, 6.07) is 13.9. The van der Waals surface area contributed by atoms with E-state index in [4.69, 9.17) is 4.74 Å². The minimum Gasteiger partial charge on any atom is -0.496 e. The topological polar surface area (TPSA) is 78.8 Å². The standard InChI is InChI=1S/C22H17N3O2S/c1-12-13(2)28-22-19(12)21(26)24-20(25-22)15(11-23)10-17-16-7-5-4-6-14(16)8-9-18(17)27-3/h4-10H,1-3H3,(H,24,25,26)/b15-10+. The first-order valence-electron chi connectivity index (χ1n) is 8.71. The fourth-order valence-electron chi connectivity index (χ4n) is 3.28. The molecule has 1 N–H and O–H groups in total. The lowest BCUT2D eigenvalue weighted by atomic mass is 10.0. The van der Waals surface area contributed by atoms with Crippen LogP contribution in [0.15, 0.2) is 41.2 Å². The fourth-order valence-corrected chi connectivity index (χ4v) is 4.31. The maximum absolute atomic E-state index is 12.6. The summed E-state index contributed by atoms with van der Waals surface area (Å²) in [5.74, 6) is 0.911. The molecule has 2 aromatic heterocycles. The van der Waals surface area contributed by atoms with Crippen molar-refractivity contribution in [1.82, 2.24) is 9.97 Å². The van der Waals surface area contributed by atoms with Crippen molar-refractivity contribution < 1.29 is 4.74 Å². The Kier molecular flexibility index (Phi) is 4.46. The van der Waals surface area contributed by atoms with Crippen molar-refractivity contribution >= 4 is 44.0 Å². The molecule has 0 bridgehead atoms. The second-order valence-corrected chi connectivity index (χ2v) is 7.65. The zero-order valence-electron chi connectivity index (χ0n) is 15.7. The van der Waals surface area contributed by atoms with Gasteiger partial charge in [0.1, 0.15) is 16.6 Å². The van der Waals surface area contributed by atoms with Crippen molar-refractivity contribution in [3.05, 3.63) is 68.6 Å². The Labute approximate surface area is 165 Å². The molecule has 0 aliphatic carbocycles. The molecule has 0 saturated carbocycles. The molecule has 2 aromatic carbocycles. The molecule has 5 nitrogen and oxygen atoms in total. The van der Waals surface area contributed by atoms with Gasteiger partial charge in [-0.25, -0.2) is 4.98 Å². The molecule has 0 spiro atoms. The van der Waals surface area contributed by atoms with E-state index in [1.807, 2.05) is 50.2 Å². The molecule has 0 aliphatic heterocycles. The van der Waals surface area contributed by atoms with E-state index in [-0.39, 0.29) is 17.0 Å². The molecule has 28 heavy (non-hydrogen) atoms. The van der Waals surface area contributed by atoms with Crippen LogP contribution < -0.4 is 10.3 Å². The number of thiophene rings is 1. The van der Waals surface area contributed by atoms with Crippen molar-refractivity contribution in [2.75, 3.05) is 7.11 Å². The number of aromatic nitrogens is 2. The van der Waals surface area contributed by atoms with Gasteiger partial charge in [0.15, 0.2) is 5.82 Å². The maximum atomic E-state index is 12.6. The molecule has 4 aromatic rings. The van der Waals surface area contributed by atoms with Gasteiger partial charge >= 0.3 is 0 Å². The van der Waals surface area contributed by atoms with Crippen LogP contribution in [0.4, 0.5) is 0 Å². The molecule has 0 unspecified atom stereocenters. The third-order valence-electron chi connectivity index (χ3n) is 4.85. The van der Waals surface area contributed by atoms with Crippen molar-refractivity contribution in [1.29, 1.82) is 5.26 Å². The van der Waals surface area contributed by atoms with Crippen LogP contribution in [0, 0.1) is 25.2 Å². The van der Waals surface area contributed by atoms with Crippen LogP contribution in [-0.2, 0) is 0 Å². The van der Waals surface area contributed by atoms with Gasteiger partial charge in [-0.2, -0.15) is 5.26 Å². The highest BCUT2D eigenvalue weighted by molar-refractivity contribution is 7.18. The second kappa shape index (κ2) is 6.95. The van der Waals surface area contributed by atoms with Gasteiger partial charge in [-0.05, 0) is 42.3 Å². The predicted octanol–water partition coefficient (Wildman–Crippen LogP) is 4.83. The third kappa shape index (κ3) is 2.86. The largest absolute Gasteiger partial charge is 0.496 e. The first-order valence-corrected chi connectivity index (χ1v) is 9.53. The van der Waals surface area contributed by atoms with Crippen LogP contribution in [-0.4, -0.2) is 17.1 Å². The average molecular weight is 387 g/mol. The number of nitrogens with one attached hydrogen (secondary N) is 1. The van der Waals surface area contributed by atoms with Crippen molar-refractivity contribution in [3.63, 3.8) is 0 Å². The summed E-state index contributed by atoms with van der Waals surface area (Å²) < 4.78 is 5.50. The maximum Gasteiger partial charge on any atom is 0.260 e.